The number of hydrazone groups is 1. The van der Waals surface area contributed by atoms with Crippen LogP contribution in [0.5, 0.6) is 5.75 Å². The first-order valence-electron chi connectivity index (χ1n) is 9.70. The van der Waals surface area contributed by atoms with Crippen LogP contribution < -0.4 is 15.5 Å². The summed E-state index contributed by atoms with van der Waals surface area (Å²) in [6, 6.07) is 27.9. The minimum absolute atomic E-state index is 0.442. The number of anilines is 1. The molecule has 6 heteroatoms. The van der Waals surface area contributed by atoms with E-state index in [9.17, 15) is 0 Å². The van der Waals surface area contributed by atoms with Crippen LogP contribution in [0.3, 0.4) is 0 Å². The van der Waals surface area contributed by atoms with Crippen LogP contribution in [-0.4, -0.2) is 22.5 Å². The molecule has 150 valence electrons. The molecule has 0 radical (unpaired) electrons. The van der Waals surface area contributed by atoms with Crippen LogP contribution in [0.15, 0.2) is 96.2 Å². The van der Waals surface area contributed by atoms with Gasteiger partial charge in [0.1, 0.15) is 12.4 Å². The van der Waals surface area contributed by atoms with Crippen molar-refractivity contribution in [2.24, 2.45) is 5.10 Å². The maximum absolute atomic E-state index is 5.85. The summed E-state index contributed by atoms with van der Waals surface area (Å²) in [5.41, 5.74) is 5.94. The number of fused-ring (bicyclic) bond motifs is 1. The van der Waals surface area contributed by atoms with Gasteiger partial charge in [-0.1, -0.05) is 54.6 Å². The van der Waals surface area contributed by atoms with E-state index in [4.69, 9.17) is 17.0 Å². The predicted molar refractivity (Wildman–Crippen MR) is 127 cm³/mol. The molecule has 4 aromatic rings. The van der Waals surface area contributed by atoms with E-state index in [1.165, 1.54) is 0 Å². The molecule has 0 amide bonds. The molecule has 0 saturated carbocycles. The summed E-state index contributed by atoms with van der Waals surface area (Å²) in [5.74, 6) is 0.874. The molecule has 0 spiro atoms. The number of hydrogen-bond donors (Lipinski definition) is 2. The Balaban J connectivity index is 1.41. The summed E-state index contributed by atoms with van der Waals surface area (Å²) in [5, 5.41) is 8.98. The molecule has 1 heterocycles. The first kappa shape index (κ1) is 19.7. The van der Waals surface area contributed by atoms with Gasteiger partial charge in [0.2, 0.25) is 0 Å². The topological polar surface area (TPSA) is 50.6 Å². The van der Waals surface area contributed by atoms with Crippen molar-refractivity contribution >= 4 is 40.1 Å². The number of thiocarbonyl (C=S) groups is 1. The number of hydrogen-bond acceptors (Lipinski definition) is 3. The van der Waals surface area contributed by atoms with Crippen molar-refractivity contribution in [1.82, 2.24) is 9.99 Å². The summed E-state index contributed by atoms with van der Waals surface area (Å²) in [6.07, 6.45) is 3.87. The highest BCUT2D eigenvalue weighted by atomic mass is 32.1. The van der Waals surface area contributed by atoms with Crippen molar-refractivity contribution < 1.29 is 4.74 Å². The highest BCUT2D eigenvalue weighted by Crippen LogP contribution is 2.20. The molecule has 30 heavy (non-hydrogen) atoms. The van der Waals surface area contributed by atoms with E-state index in [1.807, 2.05) is 72.8 Å². The molecule has 0 bridgehead atoms. The van der Waals surface area contributed by atoms with Crippen LogP contribution in [0.4, 0.5) is 5.69 Å². The molecule has 0 aliphatic rings. The third-order valence-electron chi connectivity index (χ3n) is 4.56. The Morgan fingerprint density at radius 1 is 0.933 bits per heavy atom. The van der Waals surface area contributed by atoms with Crippen LogP contribution in [0.1, 0.15) is 5.56 Å². The highest BCUT2D eigenvalue weighted by Gasteiger charge is 2.07. The van der Waals surface area contributed by atoms with E-state index in [-0.39, 0.29) is 0 Å². The molecule has 0 unspecified atom stereocenters. The van der Waals surface area contributed by atoms with E-state index < -0.39 is 0 Å². The monoisotopic (exact) mass is 414 g/mol. The van der Waals surface area contributed by atoms with Crippen molar-refractivity contribution in [1.29, 1.82) is 0 Å². The van der Waals surface area contributed by atoms with Crippen molar-refractivity contribution in [3.8, 4) is 5.75 Å². The highest BCUT2D eigenvalue weighted by molar-refractivity contribution is 7.80. The minimum Gasteiger partial charge on any atom is -0.492 e. The Hall–Kier alpha value is -3.64. The lowest BCUT2D eigenvalue weighted by atomic mass is 10.2. The van der Waals surface area contributed by atoms with Crippen molar-refractivity contribution in [3.63, 3.8) is 0 Å². The van der Waals surface area contributed by atoms with Crippen molar-refractivity contribution in [2.45, 2.75) is 6.54 Å². The summed E-state index contributed by atoms with van der Waals surface area (Å²) >= 11 is 5.30. The second kappa shape index (κ2) is 9.71. The molecule has 0 atom stereocenters. The average Bonchev–Trinajstić information content (AvgIpc) is 3.13. The van der Waals surface area contributed by atoms with E-state index in [0.29, 0.717) is 11.7 Å². The van der Waals surface area contributed by atoms with Gasteiger partial charge in [0.15, 0.2) is 5.11 Å². The molecular weight excluding hydrogens is 392 g/mol. The van der Waals surface area contributed by atoms with Gasteiger partial charge in [0.05, 0.1) is 12.8 Å². The van der Waals surface area contributed by atoms with Crippen LogP contribution >= 0.6 is 12.2 Å². The molecule has 1 aromatic heterocycles. The second-order valence-corrected chi connectivity index (χ2v) is 7.05. The lowest BCUT2D eigenvalue weighted by Crippen LogP contribution is -2.23. The zero-order valence-electron chi connectivity index (χ0n) is 16.4. The predicted octanol–water partition coefficient (Wildman–Crippen LogP) is 5.04. The van der Waals surface area contributed by atoms with Crippen molar-refractivity contribution in [3.05, 3.63) is 96.7 Å². The quantitative estimate of drug-likeness (QED) is 0.253. The Labute approximate surface area is 181 Å². The molecule has 0 aliphatic carbocycles. The second-order valence-electron chi connectivity index (χ2n) is 6.65. The lowest BCUT2D eigenvalue weighted by Gasteiger charge is -2.08. The summed E-state index contributed by atoms with van der Waals surface area (Å²) in [6.45, 7) is 1.33. The standard InChI is InChI=1S/C24H22N4OS/c30-24(26-20-9-3-1-4-10-20)27-25-17-19-18-28(23-14-8-7-13-22(19)23)15-16-29-21-11-5-2-6-12-21/h1-14,17-18H,15-16H2,(H2,26,27,30)/b25-17+. The minimum atomic E-state index is 0.442. The number of ether oxygens (including phenoxy) is 1. The van der Waals surface area contributed by atoms with Crippen LogP contribution in [0, 0.1) is 0 Å². The van der Waals surface area contributed by atoms with E-state index in [0.717, 1.165) is 34.4 Å². The SMILES string of the molecule is S=C(N/N=C/c1cn(CCOc2ccccc2)c2ccccc12)Nc1ccccc1. The summed E-state index contributed by atoms with van der Waals surface area (Å²) in [7, 11) is 0. The van der Waals surface area contributed by atoms with Gasteiger partial charge in [-0.2, -0.15) is 5.10 Å². The summed E-state index contributed by atoms with van der Waals surface area (Å²) < 4.78 is 8.03. The van der Waals surface area contributed by atoms with Crippen LogP contribution in [0.25, 0.3) is 10.9 Å². The third-order valence-corrected chi connectivity index (χ3v) is 4.76. The van der Waals surface area contributed by atoms with Crippen LogP contribution in [0.2, 0.25) is 0 Å². The zero-order chi connectivity index (χ0) is 20.6. The molecule has 2 N–H and O–H groups in total. The molecule has 0 fully saturated rings. The van der Waals surface area contributed by atoms with Gasteiger partial charge < -0.3 is 14.6 Å². The molecule has 3 aromatic carbocycles. The van der Waals surface area contributed by atoms with Gasteiger partial charge in [0, 0.05) is 28.4 Å². The Morgan fingerprint density at radius 3 is 2.43 bits per heavy atom. The molecule has 0 aliphatic heterocycles. The number of nitrogens with one attached hydrogen (secondary N) is 2. The van der Waals surface area contributed by atoms with E-state index in [2.05, 4.69) is 38.7 Å². The third kappa shape index (κ3) is 5.04. The fourth-order valence-electron chi connectivity index (χ4n) is 3.18. The first-order valence-corrected chi connectivity index (χ1v) is 10.1. The first-order chi connectivity index (χ1) is 14.8. The Bertz CT molecular complexity index is 1140. The maximum Gasteiger partial charge on any atom is 0.191 e. The molecule has 4 rings (SSSR count). The fraction of sp³-hybridized carbons (Fsp3) is 0.0833. The number of nitrogens with zero attached hydrogens (tertiary/aromatic N) is 2. The number of para-hydroxylation sites is 3. The summed E-state index contributed by atoms with van der Waals surface area (Å²) in [4.78, 5) is 0. The molecule has 0 saturated heterocycles. The van der Waals surface area contributed by atoms with Gasteiger partial charge in [0.25, 0.3) is 0 Å². The number of benzene rings is 3. The van der Waals surface area contributed by atoms with Crippen LogP contribution in [-0.2, 0) is 6.54 Å². The molecule has 5 nitrogen and oxygen atoms in total. The van der Waals surface area contributed by atoms with Gasteiger partial charge in [-0.3, -0.25) is 5.43 Å². The van der Waals surface area contributed by atoms with Gasteiger partial charge >= 0.3 is 0 Å². The van der Waals surface area contributed by atoms with Crippen molar-refractivity contribution in [2.75, 3.05) is 11.9 Å². The lowest BCUT2D eigenvalue weighted by molar-refractivity contribution is 0.300. The van der Waals surface area contributed by atoms with Gasteiger partial charge in [-0.25, -0.2) is 0 Å². The van der Waals surface area contributed by atoms with E-state index >= 15 is 0 Å². The zero-order valence-corrected chi connectivity index (χ0v) is 17.2. The van der Waals surface area contributed by atoms with E-state index in [1.54, 1.807) is 6.21 Å². The maximum atomic E-state index is 5.85. The number of rotatable bonds is 7. The number of aromatic nitrogens is 1. The largest absolute Gasteiger partial charge is 0.492 e. The fourth-order valence-corrected chi connectivity index (χ4v) is 3.35. The van der Waals surface area contributed by atoms with Gasteiger partial charge in [-0.15, -0.1) is 0 Å². The Morgan fingerprint density at radius 2 is 1.63 bits per heavy atom. The normalized spacial score (nSPS) is 10.9. The molecular formula is C24H22N4OS. The average molecular weight is 415 g/mol. The van der Waals surface area contributed by atoms with Gasteiger partial charge in [-0.05, 0) is 42.5 Å². The Kier molecular flexibility index (Phi) is 6.37. The smallest absolute Gasteiger partial charge is 0.191 e.